The first kappa shape index (κ1) is 12.9. The van der Waals surface area contributed by atoms with Crippen LogP contribution in [-0.2, 0) is 9.47 Å². The Morgan fingerprint density at radius 1 is 1.33 bits per heavy atom. The minimum absolute atomic E-state index is 0.122. The maximum Gasteiger partial charge on any atom is 0.0971 e. The monoisotopic (exact) mass is 218 g/mol. The third kappa shape index (κ3) is 3.70. The van der Waals surface area contributed by atoms with Crippen LogP contribution in [0.4, 0.5) is 0 Å². The Hall–Kier alpha value is -0.200. The second-order valence-corrected chi connectivity index (χ2v) is 3.98. The fourth-order valence-corrected chi connectivity index (χ4v) is 2.02. The van der Waals surface area contributed by atoms with Gasteiger partial charge in [-0.2, -0.15) is 0 Å². The maximum atomic E-state index is 9.64. The average Bonchev–Trinajstić information content (AvgIpc) is 2.60. The first-order chi connectivity index (χ1) is 7.21. The van der Waals surface area contributed by atoms with Crippen molar-refractivity contribution in [3.05, 3.63) is 0 Å². The van der Waals surface area contributed by atoms with Crippen molar-refractivity contribution in [3.63, 3.8) is 0 Å². The zero-order valence-electron chi connectivity index (χ0n) is 9.77. The molecule has 3 unspecified atom stereocenters. The van der Waals surface area contributed by atoms with Crippen molar-refractivity contribution >= 4 is 0 Å². The van der Waals surface area contributed by atoms with Crippen LogP contribution in [-0.4, -0.2) is 75.8 Å². The van der Waals surface area contributed by atoms with Crippen molar-refractivity contribution in [2.24, 2.45) is 0 Å². The van der Waals surface area contributed by atoms with E-state index in [0.717, 1.165) is 13.1 Å². The highest BCUT2D eigenvalue weighted by atomic mass is 16.5. The van der Waals surface area contributed by atoms with Crippen LogP contribution in [0.1, 0.15) is 0 Å². The normalized spacial score (nSPS) is 29.6. The van der Waals surface area contributed by atoms with Gasteiger partial charge in [-0.15, -0.1) is 0 Å². The Morgan fingerprint density at radius 3 is 2.27 bits per heavy atom. The number of aliphatic hydroxyl groups excluding tert-OH is 1. The molecule has 5 heteroatoms. The highest BCUT2D eigenvalue weighted by molar-refractivity contribution is 4.86. The van der Waals surface area contributed by atoms with Crippen molar-refractivity contribution < 1.29 is 14.6 Å². The van der Waals surface area contributed by atoms with Gasteiger partial charge in [-0.1, -0.05) is 0 Å². The lowest BCUT2D eigenvalue weighted by Gasteiger charge is -2.19. The third-order valence-corrected chi connectivity index (χ3v) is 2.81. The third-order valence-electron chi connectivity index (χ3n) is 2.81. The van der Waals surface area contributed by atoms with Crippen molar-refractivity contribution in [1.29, 1.82) is 0 Å². The standard InChI is InChI=1S/C10H22N2O3/c1-11-4-8(13)5-12-6-9(14-2)10(7-12)15-3/h8-11,13H,4-7H2,1-3H3. The number of nitrogens with one attached hydrogen (secondary N) is 1. The van der Waals surface area contributed by atoms with Gasteiger partial charge in [-0.25, -0.2) is 0 Å². The quantitative estimate of drug-likeness (QED) is 0.593. The lowest BCUT2D eigenvalue weighted by atomic mass is 10.3. The molecule has 3 atom stereocenters. The van der Waals surface area contributed by atoms with E-state index in [1.54, 1.807) is 14.2 Å². The lowest BCUT2D eigenvalue weighted by Crippen LogP contribution is -2.37. The molecular weight excluding hydrogens is 196 g/mol. The van der Waals surface area contributed by atoms with E-state index >= 15 is 0 Å². The number of likely N-dealkylation sites (N-methyl/N-ethyl adjacent to an activating group) is 1. The lowest BCUT2D eigenvalue weighted by molar-refractivity contribution is -0.00461. The molecule has 90 valence electrons. The summed E-state index contributed by atoms with van der Waals surface area (Å²) in [5, 5.41) is 12.6. The molecule has 1 aliphatic heterocycles. The van der Waals surface area contributed by atoms with E-state index in [1.807, 2.05) is 7.05 Å². The molecule has 1 fully saturated rings. The molecule has 0 spiro atoms. The Bertz CT molecular complexity index is 168. The molecule has 0 radical (unpaired) electrons. The fourth-order valence-electron chi connectivity index (χ4n) is 2.02. The molecule has 0 saturated carbocycles. The van der Waals surface area contributed by atoms with Gasteiger partial charge in [0.1, 0.15) is 0 Å². The molecule has 1 saturated heterocycles. The molecule has 15 heavy (non-hydrogen) atoms. The van der Waals surface area contributed by atoms with Gasteiger partial charge >= 0.3 is 0 Å². The Kier molecular flexibility index (Phi) is 5.49. The molecule has 1 aliphatic rings. The Balaban J connectivity index is 2.33. The van der Waals surface area contributed by atoms with Gasteiger partial charge in [0.15, 0.2) is 0 Å². The zero-order valence-corrected chi connectivity index (χ0v) is 9.77. The molecule has 0 aromatic heterocycles. The Morgan fingerprint density at radius 2 is 1.87 bits per heavy atom. The van der Waals surface area contributed by atoms with E-state index in [-0.39, 0.29) is 18.3 Å². The largest absolute Gasteiger partial charge is 0.390 e. The van der Waals surface area contributed by atoms with Gasteiger partial charge in [0, 0.05) is 40.4 Å². The number of β-amino-alcohol motifs (C(OH)–C–C–N with tert-alkyl or cyclic N) is 1. The summed E-state index contributed by atoms with van der Waals surface area (Å²) in [6.45, 7) is 2.94. The molecule has 0 aromatic carbocycles. The number of hydrogen-bond donors (Lipinski definition) is 2. The van der Waals surface area contributed by atoms with Crippen molar-refractivity contribution in [2.45, 2.75) is 18.3 Å². The van der Waals surface area contributed by atoms with Gasteiger partial charge in [-0.05, 0) is 7.05 Å². The van der Waals surface area contributed by atoms with Gasteiger partial charge < -0.3 is 19.9 Å². The summed E-state index contributed by atoms with van der Waals surface area (Å²) in [5.41, 5.74) is 0. The summed E-state index contributed by atoms with van der Waals surface area (Å²) in [6.07, 6.45) is -0.0864. The molecule has 0 bridgehead atoms. The predicted molar refractivity (Wildman–Crippen MR) is 58.0 cm³/mol. The summed E-state index contributed by atoms with van der Waals surface area (Å²) >= 11 is 0. The second-order valence-electron chi connectivity index (χ2n) is 3.98. The van der Waals surface area contributed by atoms with Crippen molar-refractivity contribution in [1.82, 2.24) is 10.2 Å². The average molecular weight is 218 g/mol. The van der Waals surface area contributed by atoms with Gasteiger partial charge in [-0.3, -0.25) is 4.90 Å². The van der Waals surface area contributed by atoms with Gasteiger partial charge in [0.05, 0.1) is 18.3 Å². The van der Waals surface area contributed by atoms with Crippen LogP contribution in [0, 0.1) is 0 Å². The smallest absolute Gasteiger partial charge is 0.0971 e. The first-order valence-corrected chi connectivity index (χ1v) is 5.31. The first-order valence-electron chi connectivity index (χ1n) is 5.31. The van der Waals surface area contributed by atoms with Crippen LogP contribution >= 0.6 is 0 Å². The number of aliphatic hydroxyl groups is 1. The molecule has 0 aliphatic carbocycles. The number of methoxy groups -OCH3 is 2. The minimum atomic E-state index is -0.330. The molecule has 2 N–H and O–H groups in total. The molecule has 0 amide bonds. The van der Waals surface area contributed by atoms with Crippen LogP contribution in [0.3, 0.4) is 0 Å². The van der Waals surface area contributed by atoms with Gasteiger partial charge in [0.25, 0.3) is 0 Å². The zero-order chi connectivity index (χ0) is 11.3. The van der Waals surface area contributed by atoms with Crippen LogP contribution in [0.5, 0.6) is 0 Å². The number of rotatable bonds is 6. The van der Waals surface area contributed by atoms with Crippen LogP contribution in [0.25, 0.3) is 0 Å². The van der Waals surface area contributed by atoms with E-state index in [1.165, 1.54) is 0 Å². The number of nitrogens with zero attached hydrogens (tertiary/aromatic N) is 1. The molecular formula is C10H22N2O3. The van der Waals surface area contributed by atoms with E-state index in [0.29, 0.717) is 13.1 Å². The van der Waals surface area contributed by atoms with Crippen LogP contribution in [0.15, 0.2) is 0 Å². The van der Waals surface area contributed by atoms with Gasteiger partial charge in [0.2, 0.25) is 0 Å². The maximum absolute atomic E-state index is 9.64. The molecule has 1 heterocycles. The van der Waals surface area contributed by atoms with E-state index < -0.39 is 0 Å². The number of ether oxygens (including phenoxy) is 2. The van der Waals surface area contributed by atoms with Crippen molar-refractivity contribution in [3.8, 4) is 0 Å². The highest BCUT2D eigenvalue weighted by Crippen LogP contribution is 2.15. The topological polar surface area (TPSA) is 54.0 Å². The summed E-state index contributed by atoms with van der Waals surface area (Å²) in [7, 11) is 5.23. The van der Waals surface area contributed by atoms with E-state index in [4.69, 9.17) is 9.47 Å². The van der Waals surface area contributed by atoms with Crippen LogP contribution in [0.2, 0.25) is 0 Å². The molecule has 1 rings (SSSR count). The number of likely N-dealkylation sites (tertiary alicyclic amines) is 1. The SMILES string of the molecule is CNCC(O)CN1CC(OC)C(OC)C1. The fraction of sp³-hybridized carbons (Fsp3) is 1.00. The highest BCUT2D eigenvalue weighted by Gasteiger charge is 2.33. The van der Waals surface area contributed by atoms with E-state index in [2.05, 4.69) is 10.2 Å². The molecule has 0 aromatic rings. The minimum Gasteiger partial charge on any atom is -0.390 e. The predicted octanol–water partition coefficient (Wildman–Crippen LogP) is -1.09. The second kappa shape index (κ2) is 6.40. The van der Waals surface area contributed by atoms with Crippen LogP contribution < -0.4 is 5.32 Å². The van der Waals surface area contributed by atoms with Crippen molar-refractivity contribution in [2.75, 3.05) is 47.4 Å². The summed E-state index contributed by atoms with van der Waals surface area (Å²) in [6, 6.07) is 0. The summed E-state index contributed by atoms with van der Waals surface area (Å²) in [5.74, 6) is 0. The Labute approximate surface area is 91.3 Å². The number of hydrogen-bond acceptors (Lipinski definition) is 5. The summed E-state index contributed by atoms with van der Waals surface area (Å²) in [4.78, 5) is 2.17. The van der Waals surface area contributed by atoms with E-state index in [9.17, 15) is 5.11 Å². The summed E-state index contributed by atoms with van der Waals surface area (Å²) < 4.78 is 10.6. The molecule has 5 nitrogen and oxygen atoms in total.